The molecule has 4 aromatic rings. The maximum atomic E-state index is 13.0. The number of rotatable bonds is 5. The van der Waals surface area contributed by atoms with Crippen LogP contribution in [-0.2, 0) is 4.74 Å². The lowest BCUT2D eigenvalue weighted by atomic mass is 9.96. The molecule has 0 radical (unpaired) electrons. The third-order valence-corrected chi connectivity index (χ3v) is 7.20. The number of nitrogens with one attached hydrogen (secondary N) is 1. The number of pyridine rings is 1. The van der Waals surface area contributed by atoms with Crippen LogP contribution < -0.4 is 10.1 Å². The number of alkyl halides is 2. The minimum absolute atomic E-state index is 0.134. The quantitative estimate of drug-likeness (QED) is 0.256. The summed E-state index contributed by atoms with van der Waals surface area (Å²) in [6.07, 6.45) is 3.21. The van der Waals surface area contributed by atoms with Crippen molar-refractivity contribution in [3.05, 3.63) is 59.2 Å². The molecule has 0 amide bonds. The first-order valence-corrected chi connectivity index (χ1v) is 13.7. The van der Waals surface area contributed by atoms with Crippen LogP contribution in [0.15, 0.2) is 36.7 Å². The number of thiazole rings is 1. The second-order valence-electron chi connectivity index (χ2n) is 9.50. The van der Waals surface area contributed by atoms with E-state index in [9.17, 15) is 18.7 Å². The molecule has 2 aliphatic rings. The van der Waals surface area contributed by atoms with Gasteiger partial charge in [0, 0.05) is 29.7 Å². The first kappa shape index (κ1) is 29.0. The number of anilines is 1. The van der Waals surface area contributed by atoms with Gasteiger partial charge in [-0.2, -0.15) is 4.98 Å². The zero-order valence-electron chi connectivity index (χ0n) is 22.6. The van der Waals surface area contributed by atoms with Gasteiger partial charge >= 0.3 is 0 Å². The molecule has 1 saturated carbocycles. The predicted molar refractivity (Wildman–Crippen MR) is 154 cm³/mol. The van der Waals surface area contributed by atoms with E-state index >= 15 is 0 Å². The number of aldehydes is 1. The van der Waals surface area contributed by atoms with E-state index in [1.54, 1.807) is 18.3 Å². The lowest BCUT2D eigenvalue weighted by molar-refractivity contribution is -0.140. The van der Waals surface area contributed by atoms with Crippen molar-refractivity contribution in [2.45, 2.75) is 24.9 Å². The van der Waals surface area contributed by atoms with Crippen LogP contribution in [0.5, 0.6) is 5.75 Å². The Morgan fingerprint density at radius 3 is 2.62 bits per heavy atom. The number of methoxy groups -OCH3 is 1. The van der Waals surface area contributed by atoms with Crippen molar-refractivity contribution in [1.82, 2.24) is 19.9 Å². The molecule has 0 atom stereocenters. The molecule has 1 aromatic carbocycles. The molecular weight excluding hydrogens is 564 g/mol. The van der Waals surface area contributed by atoms with Crippen molar-refractivity contribution in [3.63, 3.8) is 0 Å². The number of aliphatic hydroxyl groups is 1. The van der Waals surface area contributed by atoms with E-state index in [0.29, 0.717) is 40.1 Å². The molecule has 3 aromatic heterocycles. The summed E-state index contributed by atoms with van der Waals surface area (Å²) in [5.41, 5.74) is 1.35. The minimum atomic E-state index is -2.75. The number of hydrogen-bond acceptors (Lipinski definition) is 10. The second kappa shape index (κ2) is 12.6. The van der Waals surface area contributed by atoms with Crippen LogP contribution in [-0.4, -0.2) is 64.3 Å². The van der Waals surface area contributed by atoms with E-state index in [-0.39, 0.29) is 19.0 Å². The summed E-state index contributed by atoms with van der Waals surface area (Å²) < 4.78 is 36.2. The Hall–Kier alpha value is -4.49. The maximum Gasteiger partial charge on any atom is 0.280 e. The third kappa shape index (κ3) is 6.86. The molecule has 0 unspecified atom stereocenters. The van der Waals surface area contributed by atoms with Gasteiger partial charge in [0.2, 0.25) is 0 Å². The van der Waals surface area contributed by atoms with Crippen LogP contribution >= 0.6 is 11.3 Å². The topological polar surface area (TPSA) is 119 Å². The van der Waals surface area contributed by atoms with Crippen molar-refractivity contribution in [2.24, 2.45) is 5.92 Å². The van der Waals surface area contributed by atoms with Gasteiger partial charge in [-0.15, -0.1) is 0 Å². The second-order valence-corrected chi connectivity index (χ2v) is 10.5. The number of halogens is 2. The SMILES string of the molecule is CNc1nc2ncc(C#CC3CC3)nc2s1.COc1cnc(C(F)F)cc1-c1cc(C#CC2(O)COC2)ccc1C=O. The Morgan fingerprint density at radius 1 is 1.17 bits per heavy atom. The molecule has 4 heterocycles. The van der Waals surface area contributed by atoms with Crippen molar-refractivity contribution in [1.29, 1.82) is 0 Å². The number of hydrogen-bond donors (Lipinski definition) is 2. The van der Waals surface area contributed by atoms with Gasteiger partial charge in [-0.3, -0.25) is 9.78 Å². The molecule has 1 aliphatic carbocycles. The van der Waals surface area contributed by atoms with E-state index in [0.717, 1.165) is 15.7 Å². The van der Waals surface area contributed by atoms with E-state index in [1.807, 2.05) is 7.05 Å². The molecule has 9 nitrogen and oxygen atoms in total. The Labute approximate surface area is 244 Å². The molecule has 0 bridgehead atoms. The fourth-order valence-corrected chi connectivity index (χ4v) is 4.52. The maximum absolute atomic E-state index is 13.0. The van der Waals surface area contributed by atoms with E-state index in [1.165, 1.54) is 49.6 Å². The first-order chi connectivity index (χ1) is 20.3. The van der Waals surface area contributed by atoms with Gasteiger partial charge in [0.15, 0.2) is 27.5 Å². The highest BCUT2D eigenvalue weighted by Gasteiger charge is 2.33. The molecule has 0 spiro atoms. The van der Waals surface area contributed by atoms with Crippen LogP contribution in [0.25, 0.3) is 21.6 Å². The van der Waals surface area contributed by atoms with Gasteiger partial charge in [0.05, 0.1) is 32.7 Å². The number of fused-ring (bicyclic) bond motifs is 1. The normalized spacial score (nSPS) is 14.8. The highest BCUT2D eigenvalue weighted by Crippen LogP contribution is 2.34. The lowest BCUT2D eigenvalue weighted by Gasteiger charge is -2.30. The zero-order valence-corrected chi connectivity index (χ0v) is 23.5. The van der Waals surface area contributed by atoms with Gasteiger partial charge < -0.3 is 19.9 Å². The molecule has 6 rings (SSSR count). The van der Waals surface area contributed by atoms with E-state index in [4.69, 9.17) is 9.47 Å². The molecule has 1 saturated heterocycles. The van der Waals surface area contributed by atoms with E-state index < -0.39 is 17.7 Å². The summed E-state index contributed by atoms with van der Waals surface area (Å²) in [4.78, 5) is 28.8. The molecule has 2 fully saturated rings. The Balaban J connectivity index is 0.000000187. The number of carbonyl (C=O) groups is 1. The van der Waals surface area contributed by atoms with E-state index in [2.05, 4.69) is 48.9 Å². The standard InChI is InChI=1S/C19H15F2NO4.C11H10N4S/c1-25-17-8-22-16(18(20)21)7-15(17)14-6-12(2-3-13(14)9-23)4-5-19(24)10-26-11-19;1-12-11-15-9-10(16-11)14-8(6-13-9)5-4-7-2-3-7/h2-3,6-9,18,24H,10-11H2,1H3;6-7H,2-3H2,1H3,(H,12,13,15). The largest absolute Gasteiger partial charge is 0.494 e. The Morgan fingerprint density at radius 2 is 1.98 bits per heavy atom. The molecule has 214 valence electrons. The van der Waals surface area contributed by atoms with Gasteiger partial charge in [0.25, 0.3) is 6.43 Å². The summed E-state index contributed by atoms with van der Waals surface area (Å²) in [5.74, 6) is 12.6. The van der Waals surface area contributed by atoms with Crippen LogP contribution in [0.4, 0.5) is 13.9 Å². The van der Waals surface area contributed by atoms with Gasteiger partial charge in [-0.05, 0) is 48.6 Å². The predicted octanol–water partition coefficient (Wildman–Crippen LogP) is 4.51. The van der Waals surface area contributed by atoms with Crippen molar-refractivity contribution < 1.29 is 28.2 Å². The van der Waals surface area contributed by atoms with Crippen LogP contribution in [0.1, 0.15) is 46.6 Å². The summed E-state index contributed by atoms with van der Waals surface area (Å²) in [7, 11) is 3.23. The molecule has 1 aliphatic heterocycles. The molecule has 12 heteroatoms. The van der Waals surface area contributed by atoms with Crippen LogP contribution in [0, 0.1) is 29.6 Å². The van der Waals surface area contributed by atoms with Crippen molar-refractivity contribution >= 4 is 33.2 Å². The summed E-state index contributed by atoms with van der Waals surface area (Å²) in [6.45, 7) is 0.268. The van der Waals surface area contributed by atoms with Crippen molar-refractivity contribution in [2.75, 3.05) is 32.7 Å². The van der Waals surface area contributed by atoms with Gasteiger partial charge in [-0.25, -0.2) is 18.7 Å². The van der Waals surface area contributed by atoms with Gasteiger partial charge in [-0.1, -0.05) is 29.1 Å². The smallest absolute Gasteiger partial charge is 0.280 e. The number of carbonyl (C=O) groups excluding carboxylic acids is 1. The summed E-state index contributed by atoms with van der Waals surface area (Å²) in [6, 6.07) is 5.93. The average molecular weight is 590 g/mol. The van der Waals surface area contributed by atoms with Crippen LogP contribution in [0.3, 0.4) is 0 Å². The number of ether oxygens (including phenoxy) is 2. The average Bonchev–Trinajstić information content (AvgIpc) is 3.74. The zero-order chi connectivity index (χ0) is 29.7. The summed E-state index contributed by atoms with van der Waals surface area (Å²) in [5, 5.41) is 13.8. The third-order valence-electron chi connectivity index (χ3n) is 6.24. The van der Waals surface area contributed by atoms with Crippen LogP contribution in [0.2, 0.25) is 0 Å². The van der Waals surface area contributed by atoms with Crippen molar-refractivity contribution in [3.8, 4) is 40.6 Å². The summed E-state index contributed by atoms with van der Waals surface area (Å²) >= 11 is 1.50. The Bertz CT molecular complexity index is 1750. The monoisotopic (exact) mass is 589 g/mol. The first-order valence-electron chi connectivity index (χ1n) is 12.9. The number of aromatic nitrogens is 4. The minimum Gasteiger partial charge on any atom is -0.494 e. The molecular formula is C30H25F2N5O4S. The fourth-order valence-electron chi connectivity index (χ4n) is 3.77. The number of nitrogens with zero attached hydrogens (tertiary/aromatic N) is 4. The highest BCUT2D eigenvalue weighted by atomic mass is 32.1. The van der Waals surface area contributed by atoms with Gasteiger partial charge in [0.1, 0.15) is 17.1 Å². The highest BCUT2D eigenvalue weighted by molar-refractivity contribution is 7.21. The lowest BCUT2D eigenvalue weighted by Crippen LogP contribution is -2.48. The Kier molecular flexibility index (Phi) is 8.69. The molecule has 42 heavy (non-hydrogen) atoms. The number of benzene rings is 1. The molecule has 2 N–H and O–H groups in total. The fraction of sp³-hybridized carbons (Fsp3) is 0.300.